The van der Waals surface area contributed by atoms with Crippen molar-refractivity contribution >= 4 is 62.6 Å². The van der Waals surface area contributed by atoms with Crippen LogP contribution in [0.25, 0.3) is 27.9 Å². The van der Waals surface area contributed by atoms with E-state index in [1.54, 1.807) is 48.5 Å². The molecule has 37 heavy (non-hydrogen) atoms. The Morgan fingerprint density at radius 2 is 1.73 bits per heavy atom. The summed E-state index contributed by atoms with van der Waals surface area (Å²) in [6.45, 7) is 0.441. The number of nitrogens with one attached hydrogen (secondary N) is 2. The lowest BCUT2D eigenvalue weighted by Gasteiger charge is -2.15. The standard InChI is InChI=1S/C30H24Cl2N2O3/c31-24-14-8-19(16-25(24)32)9-15-28(36)20-10-12-21(13-11-20)33-17-22(35)18-37-29-7-3-6-27-30(29)23-4-1-2-5-26(23)34-27/h1-16,22,33-35H,17-18H2/b15-9+. The average molecular weight is 531 g/mol. The lowest BCUT2D eigenvalue weighted by atomic mass is 10.1. The third-order valence-electron chi connectivity index (χ3n) is 6.01. The first-order chi connectivity index (χ1) is 18.0. The maximum atomic E-state index is 12.5. The van der Waals surface area contributed by atoms with Gasteiger partial charge in [-0.15, -0.1) is 0 Å². The number of anilines is 1. The van der Waals surface area contributed by atoms with Crippen molar-refractivity contribution in [3.05, 3.63) is 112 Å². The summed E-state index contributed by atoms with van der Waals surface area (Å²) in [5.74, 6) is 0.600. The Morgan fingerprint density at radius 1 is 0.946 bits per heavy atom. The van der Waals surface area contributed by atoms with Crippen LogP contribution in [0.5, 0.6) is 5.75 Å². The average Bonchev–Trinajstić information content (AvgIpc) is 3.31. The molecule has 1 heterocycles. The van der Waals surface area contributed by atoms with Crippen LogP contribution in [0.3, 0.4) is 0 Å². The van der Waals surface area contributed by atoms with Crippen molar-refractivity contribution in [1.82, 2.24) is 4.98 Å². The van der Waals surface area contributed by atoms with Crippen molar-refractivity contribution in [2.24, 2.45) is 0 Å². The summed E-state index contributed by atoms with van der Waals surface area (Å²) >= 11 is 11.9. The molecule has 0 amide bonds. The van der Waals surface area contributed by atoms with Gasteiger partial charge < -0.3 is 20.1 Å². The number of aromatic nitrogens is 1. The van der Waals surface area contributed by atoms with E-state index in [2.05, 4.69) is 16.4 Å². The van der Waals surface area contributed by atoms with Crippen molar-refractivity contribution < 1.29 is 14.6 Å². The minimum Gasteiger partial charge on any atom is -0.490 e. The second kappa shape index (κ2) is 11.1. The van der Waals surface area contributed by atoms with Gasteiger partial charge in [-0.1, -0.05) is 59.6 Å². The van der Waals surface area contributed by atoms with E-state index in [1.165, 1.54) is 6.08 Å². The molecule has 0 bridgehead atoms. The van der Waals surface area contributed by atoms with Gasteiger partial charge in [0.05, 0.1) is 15.6 Å². The quantitative estimate of drug-likeness (QED) is 0.137. The number of hydrogen-bond acceptors (Lipinski definition) is 4. The number of ether oxygens (including phenoxy) is 1. The molecule has 0 aliphatic carbocycles. The third-order valence-corrected chi connectivity index (χ3v) is 6.74. The van der Waals surface area contributed by atoms with Crippen LogP contribution in [-0.4, -0.2) is 35.1 Å². The Balaban J connectivity index is 1.15. The number of H-pyrrole nitrogens is 1. The van der Waals surface area contributed by atoms with Crippen molar-refractivity contribution in [3.63, 3.8) is 0 Å². The number of benzene rings is 4. The van der Waals surface area contributed by atoms with Gasteiger partial charge in [-0.3, -0.25) is 4.79 Å². The van der Waals surface area contributed by atoms with E-state index < -0.39 is 6.10 Å². The molecule has 5 aromatic rings. The van der Waals surface area contributed by atoms with Crippen molar-refractivity contribution in [2.75, 3.05) is 18.5 Å². The van der Waals surface area contributed by atoms with Gasteiger partial charge in [0.2, 0.25) is 0 Å². The highest BCUT2D eigenvalue weighted by molar-refractivity contribution is 6.42. The van der Waals surface area contributed by atoms with Crippen LogP contribution < -0.4 is 10.1 Å². The molecule has 0 fully saturated rings. The molecule has 7 heteroatoms. The number of halogens is 2. The number of rotatable bonds is 9. The second-order valence-corrected chi connectivity index (χ2v) is 9.46. The number of aliphatic hydroxyl groups is 1. The molecule has 0 aliphatic heterocycles. The zero-order valence-electron chi connectivity index (χ0n) is 19.7. The number of carbonyl (C=O) groups is 1. The lowest BCUT2D eigenvalue weighted by molar-refractivity contribution is 0.104. The van der Waals surface area contributed by atoms with Crippen LogP contribution in [0.2, 0.25) is 10.0 Å². The topological polar surface area (TPSA) is 74.3 Å². The minimum atomic E-state index is -0.726. The molecule has 0 spiro atoms. The number of ketones is 1. The molecule has 1 atom stereocenters. The molecule has 0 saturated carbocycles. The van der Waals surface area contributed by atoms with Crippen molar-refractivity contribution in [2.45, 2.75) is 6.10 Å². The summed E-state index contributed by atoms with van der Waals surface area (Å²) in [6.07, 6.45) is 2.47. The zero-order chi connectivity index (χ0) is 25.8. The molecular formula is C30H24Cl2N2O3. The van der Waals surface area contributed by atoms with E-state index in [0.29, 0.717) is 22.2 Å². The Hall–Kier alpha value is -3.77. The first kappa shape index (κ1) is 24.9. The first-order valence-electron chi connectivity index (χ1n) is 11.8. The molecule has 1 aromatic heterocycles. The summed E-state index contributed by atoms with van der Waals surface area (Å²) < 4.78 is 5.99. The zero-order valence-corrected chi connectivity index (χ0v) is 21.3. The van der Waals surface area contributed by atoms with E-state index in [0.717, 1.165) is 38.8 Å². The van der Waals surface area contributed by atoms with Crippen LogP contribution in [0.15, 0.2) is 91.0 Å². The largest absolute Gasteiger partial charge is 0.490 e. The highest BCUT2D eigenvalue weighted by Gasteiger charge is 2.12. The van der Waals surface area contributed by atoms with Crippen molar-refractivity contribution in [3.8, 4) is 5.75 Å². The van der Waals surface area contributed by atoms with Gasteiger partial charge in [0.15, 0.2) is 5.78 Å². The molecule has 1 unspecified atom stereocenters. The Kier molecular flexibility index (Phi) is 7.47. The fourth-order valence-corrected chi connectivity index (χ4v) is 4.41. The summed E-state index contributed by atoms with van der Waals surface area (Å²) in [6, 6.07) is 26.2. The van der Waals surface area contributed by atoms with Crippen LogP contribution in [0.4, 0.5) is 5.69 Å². The molecule has 5 nitrogen and oxygen atoms in total. The van der Waals surface area contributed by atoms with Gasteiger partial charge in [-0.05, 0) is 66.2 Å². The monoisotopic (exact) mass is 530 g/mol. The summed E-state index contributed by atoms with van der Waals surface area (Å²) in [4.78, 5) is 15.9. The predicted molar refractivity (Wildman–Crippen MR) is 152 cm³/mol. The van der Waals surface area contributed by atoms with Crippen LogP contribution in [0, 0.1) is 0 Å². The minimum absolute atomic E-state index is 0.127. The van der Waals surface area contributed by atoms with Crippen LogP contribution in [-0.2, 0) is 0 Å². The first-order valence-corrected chi connectivity index (χ1v) is 12.6. The smallest absolute Gasteiger partial charge is 0.185 e. The highest BCUT2D eigenvalue weighted by atomic mass is 35.5. The number of hydrogen-bond donors (Lipinski definition) is 3. The van der Waals surface area contributed by atoms with Gasteiger partial charge >= 0.3 is 0 Å². The van der Waals surface area contributed by atoms with Crippen LogP contribution >= 0.6 is 23.2 Å². The molecular weight excluding hydrogens is 507 g/mol. The molecule has 0 aliphatic rings. The number of allylic oxidation sites excluding steroid dienone is 1. The third kappa shape index (κ3) is 5.81. The fraction of sp³-hybridized carbons (Fsp3) is 0.100. The van der Waals surface area contributed by atoms with E-state index in [9.17, 15) is 9.90 Å². The molecule has 186 valence electrons. The molecule has 0 radical (unpaired) electrons. The molecule has 0 saturated heterocycles. The summed E-state index contributed by atoms with van der Waals surface area (Å²) in [5.41, 5.74) is 4.17. The Labute approximate surface area is 224 Å². The molecule has 5 rings (SSSR count). The summed E-state index contributed by atoms with van der Waals surface area (Å²) in [5, 5.41) is 16.7. The van der Waals surface area contributed by atoms with Crippen molar-refractivity contribution in [1.29, 1.82) is 0 Å². The van der Waals surface area contributed by atoms with E-state index in [-0.39, 0.29) is 12.4 Å². The fourth-order valence-electron chi connectivity index (χ4n) is 4.11. The Bertz CT molecular complexity index is 1590. The number of aliphatic hydroxyl groups excluding tert-OH is 1. The lowest BCUT2D eigenvalue weighted by Crippen LogP contribution is -2.26. The second-order valence-electron chi connectivity index (χ2n) is 8.64. The maximum Gasteiger partial charge on any atom is 0.185 e. The highest BCUT2D eigenvalue weighted by Crippen LogP contribution is 2.33. The van der Waals surface area contributed by atoms with Gasteiger partial charge in [-0.2, -0.15) is 0 Å². The molecule has 3 N–H and O–H groups in total. The number of aromatic amines is 1. The predicted octanol–water partition coefficient (Wildman–Crippen LogP) is 7.38. The Morgan fingerprint density at radius 3 is 2.54 bits per heavy atom. The van der Waals surface area contributed by atoms with Gasteiger partial charge in [0.25, 0.3) is 0 Å². The number of carbonyl (C=O) groups excluding carboxylic acids is 1. The molecule has 4 aromatic carbocycles. The summed E-state index contributed by atoms with van der Waals surface area (Å²) in [7, 11) is 0. The van der Waals surface area contributed by atoms with Gasteiger partial charge in [0.1, 0.15) is 18.5 Å². The number of para-hydroxylation sites is 1. The van der Waals surface area contributed by atoms with E-state index in [1.807, 2.05) is 36.4 Å². The number of fused-ring (bicyclic) bond motifs is 3. The van der Waals surface area contributed by atoms with E-state index in [4.69, 9.17) is 27.9 Å². The normalized spacial score (nSPS) is 12.3. The maximum absolute atomic E-state index is 12.5. The van der Waals surface area contributed by atoms with Crippen LogP contribution in [0.1, 0.15) is 15.9 Å². The SMILES string of the molecule is O=C(/C=C/c1ccc(Cl)c(Cl)c1)c1ccc(NCC(O)COc2cccc3[nH]c4ccccc4c23)cc1. The van der Waals surface area contributed by atoms with Gasteiger partial charge in [-0.25, -0.2) is 0 Å². The van der Waals surface area contributed by atoms with E-state index >= 15 is 0 Å². The van der Waals surface area contributed by atoms with Gasteiger partial charge in [0, 0.05) is 34.1 Å².